The molecule has 1 aromatic carbocycles. The number of carboxylic acid groups (broad SMARTS) is 1. The van der Waals surface area contributed by atoms with Crippen molar-refractivity contribution in [1.29, 1.82) is 0 Å². The average Bonchev–Trinajstić information content (AvgIpc) is 3.63. The first-order valence-electron chi connectivity index (χ1n) is 11.6. The van der Waals surface area contributed by atoms with Crippen LogP contribution in [-0.4, -0.2) is 41.9 Å². The van der Waals surface area contributed by atoms with Gasteiger partial charge in [0, 0.05) is 36.8 Å². The molecule has 180 valence electrons. The zero-order valence-corrected chi connectivity index (χ0v) is 19.7. The molecule has 2 fully saturated rings. The first-order valence-corrected chi connectivity index (χ1v) is 11.6. The normalized spacial score (nSPS) is 22.5. The van der Waals surface area contributed by atoms with Crippen molar-refractivity contribution in [2.45, 2.75) is 58.5 Å². The van der Waals surface area contributed by atoms with Crippen molar-refractivity contribution in [1.82, 2.24) is 4.57 Å². The number of nitrogens with zero attached hydrogens (tertiary/aromatic N) is 2. The highest BCUT2D eigenvalue weighted by Gasteiger charge is 2.44. The third-order valence-electron chi connectivity index (χ3n) is 7.81. The fourth-order valence-electron chi connectivity index (χ4n) is 5.56. The average molecular weight is 461 g/mol. The van der Waals surface area contributed by atoms with E-state index in [1.807, 2.05) is 4.90 Å². The number of ether oxygens (including phenoxy) is 1. The molecule has 2 aliphatic rings. The van der Waals surface area contributed by atoms with E-state index in [1.54, 1.807) is 4.57 Å². The first-order chi connectivity index (χ1) is 15.6. The summed E-state index contributed by atoms with van der Waals surface area (Å²) >= 11 is 0. The maximum Gasteiger partial charge on any atom is 0.341 e. The molecular formula is C24H33FN4O4. The van der Waals surface area contributed by atoms with Crippen LogP contribution in [0.3, 0.4) is 0 Å². The molecule has 33 heavy (non-hydrogen) atoms. The van der Waals surface area contributed by atoms with Gasteiger partial charge in [-0.2, -0.15) is 0 Å². The number of carboxylic acids is 1. The number of aromatic carboxylic acids is 1. The van der Waals surface area contributed by atoms with Gasteiger partial charge in [-0.3, -0.25) is 4.79 Å². The van der Waals surface area contributed by atoms with Gasteiger partial charge in [0.25, 0.3) is 0 Å². The molecule has 8 nitrogen and oxygen atoms in total. The second-order valence-electron chi connectivity index (χ2n) is 9.60. The number of anilines is 2. The van der Waals surface area contributed by atoms with Gasteiger partial charge < -0.3 is 30.8 Å². The predicted molar refractivity (Wildman–Crippen MR) is 127 cm³/mol. The third kappa shape index (κ3) is 3.44. The monoisotopic (exact) mass is 460 g/mol. The fraction of sp³-hybridized carbons (Fsp3) is 0.583. The largest absolute Gasteiger partial charge is 0.492 e. The Kier molecular flexibility index (Phi) is 5.80. The highest BCUT2D eigenvalue weighted by atomic mass is 19.1. The first kappa shape index (κ1) is 23.4. The summed E-state index contributed by atoms with van der Waals surface area (Å²) in [5.74, 6) is -1.82. The molecule has 5 N–H and O–H groups in total. The molecule has 2 aromatic rings. The molecule has 4 rings (SSSR count). The van der Waals surface area contributed by atoms with Crippen LogP contribution >= 0.6 is 0 Å². The Bertz CT molecular complexity index is 1170. The van der Waals surface area contributed by atoms with Crippen molar-refractivity contribution in [3.63, 3.8) is 0 Å². The predicted octanol–water partition coefficient (Wildman–Crippen LogP) is 3.35. The lowest BCUT2D eigenvalue weighted by Gasteiger charge is -2.50. The number of hydrogen-bond donors (Lipinski definition) is 3. The summed E-state index contributed by atoms with van der Waals surface area (Å²) in [6.45, 7) is 7.30. The number of rotatable bonds is 6. The minimum absolute atomic E-state index is 0.0110. The van der Waals surface area contributed by atoms with Gasteiger partial charge in [0.1, 0.15) is 11.3 Å². The molecule has 1 aromatic heterocycles. The maximum absolute atomic E-state index is 15.9. The van der Waals surface area contributed by atoms with E-state index in [0.29, 0.717) is 18.6 Å². The van der Waals surface area contributed by atoms with Crippen LogP contribution in [0.15, 0.2) is 11.0 Å². The Labute approximate surface area is 192 Å². The van der Waals surface area contributed by atoms with E-state index in [2.05, 4.69) is 20.8 Å². The molecule has 2 atom stereocenters. The molecule has 9 heteroatoms. The fourth-order valence-corrected chi connectivity index (χ4v) is 5.56. The van der Waals surface area contributed by atoms with Crippen molar-refractivity contribution in [3.05, 3.63) is 27.8 Å². The van der Waals surface area contributed by atoms with Gasteiger partial charge in [-0.1, -0.05) is 20.8 Å². The lowest BCUT2D eigenvalue weighted by molar-refractivity contribution is 0.0695. The van der Waals surface area contributed by atoms with Crippen molar-refractivity contribution in [2.75, 3.05) is 30.8 Å². The van der Waals surface area contributed by atoms with E-state index in [0.717, 1.165) is 25.7 Å². The molecule has 0 amide bonds. The molecule has 0 spiro atoms. The van der Waals surface area contributed by atoms with Crippen LogP contribution in [0, 0.1) is 17.2 Å². The molecule has 1 aliphatic heterocycles. The number of nitrogen functional groups attached to an aromatic ring is 1. The third-order valence-corrected chi connectivity index (χ3v) is 7.81. The molecule has 1 saturated carbocycles. The van der Waals surface area contributed by atoms with Crippen molar-refractivity contribution in [2.24, 2.45) is 17.1 Å². The van der Waals surface area contributed by atoms with Crippen molar-refractivity contribution in [3.8, 4) is 5.75 Å². The summed E-state index contributed by atoms with van der Waals surface area (Å²) in [7, 11) is 1.44. The number of carbonyl (C=O) groups is 1. The quantitative estimate of drug-likeness (QED) is 0.565. The van der Waals surface area contributed by atoms with Crippen molar-refractivity contribution >= 4 is 28.2 Å². The Morgan fingerprint density at radius 1 is 1.33 bits per heavy atom. The highest BCUT2D eigenvalue weighted by Crippen LogP contribution is 2.48. The highest BCUT2D eigenvalue weighted by molar-refractivity contribution is 6.03. The summed E-state index contributed by atoms with van der Waals surface area (Å²) in [5.41, 5.74) is 11.6. The maximum atomic E-state index is 15.9. The zero-order valence-electron chi connectivity index (χ0n) is 19.7. The molecule has 0 radical (unpaired) electrons. The van der Waals surface area contributed by atoms with E-state index in [1.165, 1.54) is 13.3 Å². The summed E-state index contributed by atoms with van der Waals surface area (Å²) in [6, 6.07) is -0.0183. The standard InChI is InChI=1S/C24H33FN4O4/c1-5-24(6-2)11-28(9-12(3)22(24)27)19-16(25)17(26)15-18(21(19)33-4)29(13-7-8-13)10-14(20(15)30)23(31)32/h10,12-13,22H,5-9,11,26-27H2,1-4H3,(H,31,32). The SMILES string of the molecule is CCC1(CC)CN(c2c(F)c(N)c3c(=O)c(C(=O)O)cn(C4CC4)c3c2OC)CC(C)C1N. The number of nitrogens with two attached hydrogens (primary N) is 2. The molecule has 0 bridgehead atoms. The second-order valence-corrected chi connectivity index (χ2v) is 9.60. The van der Waals surface area contributed by atoms with E-state index < -0.39 is 22.8 Å². The number of piperidine rings is 1. The number of halogens is 1. The minimum atomic E-state index is -1.37. The van der Waals surface area contributed by atoms with E-state index in [-0.39, 0.29) is 45.9 Å². The Morgan fingerprint density at radius 2 is 1.97 bits per heavy atom. The number of fused-ring (bicyclic) bond motifs is 1. The van der Waals surface area contributed by atoms with Crippen LogP contribution in [0.2, 0.25) is 0 Å². The Balaban J connectivity index is 2.04. The van der Waals surface area contributed by atoms with Gasteiger partial charge in [-0.05, 0) is 31.6 Å². The van der Waals surface area contributed by atoms with Gasteiger partial charge in [-0.15, -0.1) is 0 Å². The summed E-state index contributed by atoms with van der Waals surface area (Å²) in [4.78, 5) is 26.7. The smallest absolute Gasteiger partial charge is 0.341 e. The zero-order chi connectivity index (χ0) is 24.2. The van der Waals surface area contributed by atoms with E-state index >= 15 is 4.39 Å². The lowest BCUT2D eigenvalue weighted by Crippen LogP contribution is -2.59. The number of methoxy groups -OCH3 is 1. The van der Waals surface area contributed by atoms with Crippen LogP contribution in [-0.2, 0) is 0 Å². The van der Waals surface area contributed by atoms with E-state index in [9.17, 15) is 14.7 Å². The van der Waals surface area contributed by atoms with Crippen molar-refractivity contribution < 1.29 is 19.0 Å². The van der Waals surface area contributed by atoms with Crippen LogP contribution in [0.4, 0.5) is 15.8 Å². The molecule has 2 heterocycles. The lowest BCUT2D eigenvalue weighted by atomic mass is 9.68. The molecule has 2 unspecified atom stereocenters. The van der Waals surface area contributed by atoms with Crippen LogP contribution in [0.5, 0.6) is 5.75 Å². The number of hydrogen-bond acceptors (Lipinski definition) is 6. The van der Waals surface area contributed by atoms with Crippen LogP contribution < -0.4 is 26.5 Å². The number of benzene rings is 1. The summed E-state index contributed by atoms with van der Waals surface area (Å²) in [6.07, 6.45) is 4.68. The van der Waals surface area contributed by atoms with Gasteiger partial charge in [0.15, 0.2) is 11.6 Å². The van der Waals surface area contributed by atoms with Crippen LogP contribution in [0.1, 0.15) is 62.9 Å². The number of aromatic nitrogens is 1. The Morgan fingerprint density at radius 3 is 2.48 bits per heavy atom. The molecular weight excluding hydrogens is 427 g/mol. The van der Waals surface area contributed by atoms with Crippen LogP contribution in [0.25, 0.3) is 10.9 Å². The minimum Gasteiger partial charge on any atom is -0.492 e. The summed E-state index contributed by atoms with van der Waals surface area (Å²) < 4.78 is 23.4. The van der Waals surface area contributed by atoms with Gasteiger partial charge >= 0.3 is 5.97 Å². The summed E-state index contributed by atoms with van der Waals surface area (Å²) in [5, 5.41) is 9.42. The molecule has 1 saturated heterocycles. The van der Waals surface area contributed by atoms with E-state index in [4.69, 9.17) is 16.2 Å². The number of pyridine rings is 1. The van der Waals surface area contributed by atoms with Gasteiger partial charge in [-0.25, -0.2) is 9.18 Å². The topological polar surface area (TPSA) is 124 Å². The van der Waals surface area contributed by atoms with Gasteiger partial charge in [0.2, 0.25) is 5.43 Å². The Hall–Kier alpha value is -2.81. The second kappa shape index (κ2) is 8.20. The molecule has 1 aliphatic carbocycles. The van der Waals surface area contributed by atoms with Gasteiger partial charge in [0.05, 0.1) is 23.7 Å².